The van der Waals surface area contributed by atoms with Crippen molar-refractivity contribution >= 4 is 33.0 Å². The van der Waals surface area contributed by atoms with Gasteiger partial charge in [-0.25, -0.2) is 9.78 Å². The molecule has 2 heterocycles. The lowest BCUT2D eigenvalue weighted by atomic mass is 10.2. The van der Waals surface area contributed by atoms with Gasteiger partial charge in [-0.1, -0.05) is 30.3 Å². The Morgan fingerprint density at radius 1 is 1.17 bits per heavy atom. The Balaban J connectivity index is 1.56. The number of benzene rings is 1. The first kappa shape index (κ1) is 21.0. The molecule has 2 aromatic heterocycles. The molecule has 0 unspecified atom stereocenters. The number of carbonyl (C=O) groups excluding carboxylic acids is 1. The number of rotatable bonds is 8. The van der Waals surface area contributed by atoms with E-state index in [2.05, 4.69) is 26.2 Å². The van der Waals surface area contributed by atoms with Crippen LogP contribution in [-0.4, -0.2) is 37.7 Å². The Hall–Kier alpha value is -2.72. The van der Waals surface area contributed by atoms with E-state index in [4.69, 9.17) is 4.74 Å². The smallest absolute Gasteiger partial charge is 0.332 e. The van der Waals surface area contributed by atoms with Crippen LogP contribution in [0.1, 0.15) is 12.0 Å². The van der Waals surface area contributed by atoms with Crippen LogP contribution in [0, 0.1) is 0 Å². The number of nitrogens with one attached hydrogen (secondary N) is 1. The maximum absolute atomic E-state index is 12.3. The van der Waals surface area contributed by atoms with E-state index in [9.17, 15) is 14.4 Å². The minimum absolute atomic E-state index is 0.0671. The van der Waals surface area contributed by atoms with Gasteiger partial charge in [0.2, 0.25) is 5.91 Å². The number of hydrogen-bond donors (Lipinski definition) is 1. The Kier molecular flexibility index (Phi) is 6.65. The third kappa shape index (κ3) is 4.65. The number of nitrogens with zero attached hydrogens (tertiary/aromatic N) is 4. The first-order chi connectivity index (χ1) is 13.9. The maximum Gasteiger partial charge on any atom is 0.332 e. The first-order valence-corrected chi connectivity index (χ1v) is 9.89. The lowest BCUT2D eigenvalue weighted by Crippen LogP contribution is -2.38. The van der Waals surface area contributed by atoms with Crippen molar-refractivity contribution in [2.24, 2.45) is 14.1 Å². The lowest BCUT2D eigenvalue weighted by Gasteiger charge is -2.10. The van der Waals surface area contributed by atoms with Gasteiger partial charge in [0.25, 0.3) is 5.56 Å². The van der Waals surface area contributed by atoms with Crippen LogP contribution in [0.2, 0.25) is 0 Å². The van der Waals surface area contributed by atoms with Crippen molar-refractivity contribution in [1.29, 1.82) is 0 Å². The number of ether oxygens (including phenoxy) is 1. The fourth-order valence-electron chi connectivity index (χ4n) is 2.97. The number of aryl methyl sites for hydroxylation is 1. The highest BCUT2D eigenvalue weighted by Crippen LogP contribution is 2.16. The number of amides is 1. The van der Waals surface area contributed by atoms with E-state index in [1.54, 1.807) is 0 Å². The Morgan fingerprint density at radius 3 is 2.62 bits per heavy atom. The predicted molar refractivity (Wildman–Crippen MR) is 112 cm³/mol. The summed E-state index contributed by atoms with van der Waals surface area (Å²) in [5, 5.41) is 2.81. The molecule has 0 bridgehead atoms. The molecular formula is C19H22BrN5O4. The molecule has 10 heteroatoms. The molecule has 3 rings (SSSR count). The van der Waals surface area contributed by atoms with Crippen LogP contribution in [0.15, 0.2) is 44.7 Å². The molecule has 9 nitrogen and oxygen atoms in total. The van der Waals surface area contributed by atoms with Gasteiger partial charge in [0.15, 0.2) is 15.9 Å². The number of fused-ring (bicyclic) bond motifs is 1. The summed E-state index contributed by atoms with van der Waals surface area (Å²) >= 11 is 3.27. The fraction of sp³-hybridized carbons (Fsp3) is 0.368. The van der Waals surface area contributed by atoms with Crippen LogP contribution in [0.4, 0.5) is 0 Å². The SMILES string of the molecule is Cn1c(=O)c2nc(Br)n(CC(=O)NCCCOCc3ccccc3)c2n(C)c1=O. The molecule has 0 saturated carbocycles. The van der Waals surface area contributed by atoms with Crippen molar-refractivity contribution in [3.63, 3.8) is 0 Å². The molecule has 0 fully saturated rings. The van der Waals surface area contributed by atoms with E-state index in [0.717, 1.165) is 10.1 Å². The highest BCUT2D eigenvalue weighted by molar-refractivity contribution is 9.10. The normalized spacial score (nSPS) is 11.1. The monoisotopic (exact) mass is 463 g/mol. The second-order valence-corrected chi connectivity index (χ2v) is 7.30. The molecule has 154 valence electrons. The summed E-state index contributed by atoms with van der Waals surface area (Å²) in [6, 6.07) is 9.87. The molecule has 1 aromatic carbocycles. The second-order valence-electron chi connectivity index (χ2n) is 6.59. The topological polar surface area (TPSA) is 100 Å². The van der Waals surface area contributed by atoms with Gasteiger partial charge in [-0.3, -0.25) is 23.3 Å². The van der Waals surface area contributed by atoms with Crippen LogP contribution < -0.4 is 16.6 Å². The highest BCUT2D eigenvalue weighted by atomic mass is 79.9. The Bertz CT molecular complexity index is 1130. The number of hydrogen-bond acceptors (Lipinski definition) is 5. The maximum atomic E-state index is 12.3. The van der Waals surface area contributed by atoms with Crippen molar-refractivity contribution in [3.05, 3.63) is 61.5 Å². The summed E-state index contributed by atoms with van der Waals surface area (Å²) in [6.07, 6.45) is 0.670. The molecule has 3 aromatic rings. The third-order valence-electron chi connectivity index (χ3n) is 4.49. The van der Waals surface area contributed by atoms with Crippen LogP contribution in [0.3, 0.4) is 0 Å². The lowest BCUT2D eigenvalue weighted by molar-refractivity contribution is -0.121. The second kappa shape index (κ2) is 9.19. The largest absolute Gasteiger partial charge is 0.377 e. The van der Waals surface area contributed by atoms with Crippen molar-refractivity contribution in [1.82, 2.24) is 24.0 Å². The quantitative estimate of drug-likeness (QED) is 0.395. The van der Waals surface area contributed by atoms with Crippen molar-refractivity contribution in [2.75, 3.05) is 13.2 Å². The van der Waals surface area contributed by atoms with Gasteiger partial charge in [0.1, 0.15) is 6.54 Å². The summed E-state index contributed by atoms with van der Waals surface area (Å²) in [7, 11) is 2.93. The van der Waals surface area contributed by atoms with E-state index >= 15 is 0 Å². The van der Waals surface area contributed by atoms with Crippen LogP contribution in [-0.2, 0) is 36.8 Å². The van der Waals surface area contributed by atoms with Crippen LogP contribution >= 0.6 is 15.9 Å². The van der Waals surface area contributed by atoms with Crippen molar-refractivity contribution in [2.45, 2.75) is 19.6 Å². The molecule has 0 radical (unpaired) electrons. The van der Waals surface area contributed by atoms with Gasteiger partial charge < -0.3 is 10.1 Å². The first-order valence-electron chi connectivity index (χ1n) is 9.10. The number of carbonyl (C=O) groups is 1. The Labute approximate surface area is 175 Å². The van der Waals surface area contributed by atoms with Crippen molar-refractivity contribution < 1.29 is 9.53 Å². The zero-order chi connectivity index (χ0) is 21.0. The standard InChI is InChI=1S/C19H22BrN5O4/c1-23-16-15(17(27)24(2)19(23)28)22-18(20)25(16)11-14(26)21-9-6-10-29-12-13-7-4-3-5-8-13/h3-5,7-8H,6,9-12H2,1-2H3,(H,21,26). The van der Waals surface area contributed by atoms with Gasteiger partial charge in [-0.05, 0) is 27.9 Å². The molecule has 0 aliphatic carbocycles. The molecule has 0 atom stereocenters. The van der Waals surface area contributed by atoms with E-state index < -0.39 is 11.2 Å². The molecule has 0 aliphatic heterocycles. The number of imidazole rings is 1. The van der Waals surface area contributed by atoms with E-state index in [-0.39, 0.29) is 18.0 Å². The molecule has 0 spiro atoms. The molecule has 0 aliphatic rings. The predicted octanol–water partition coefficient (Wildman–Crippen LogP) is 0.919. The van der Waals surface area contributed by atoms with Crippen LogP contribution in [0.25, 0.3) is 11.2 Å². The average molecular weight is 464 g/mol. The minimum Gasteiger partial charge on any atom is -0.377 e. The highest BCUT2D eigenvalue weighted by Gasteiger charge is 2.19. The van der Waals surface area contributed by atoms with E-state index in [1.165, 1.54) is 23.2 Å². The van der Waals surface area contributed by atoms with Gasteiger partial charge in [-0.15, -0.1) is 0 Å². The zero-order valence-electron chi connectivity index (χ0n) is 16.2. The van der Waals surface area contributed by atoms with Gasteiger partial charge in [-0.2, -0.15) is 0 Å². The average Bonchev–Trinajstić information content (AvgIpc) is 3.04. The summed E-state index contributed by atoms with van der Waals surface area (Å²) < 4.78 is 9.69. The molecule has 0 saturated heterocycles. The van der Waals surface area contributed by atoms with Crippen molar-refractivity contribution in [3.8, 4) is 0 Å². The minimum atomic E-state index is -0.501. The van der Waals surface area contributed by atoms with Crippen LogP contribution in [0.5, 0.6) is 0 Å². The third-order valence-corrected chi connectivity index (χ3v) is 5.10. The Morgan fingerprint density at radius 2 is 1.90 bits per heavy atom. The fourth-order valence-corrected chi connectivity index (χ4v) is 3.44. The number of halogens is 1. The zero-order valence-corrected chi connectivity index (χ0v) is 17.8. The molecular weight excluding hydrogens is 442 g/mol. The summed E-state index contributed by atoms with van der Waals surface area (Å²) in [5.41, 5.74) is 0.547. The van der Waals surface area contributed by atoms with Gasteiger partial charge in [0.05, 0.1) is 6.61 Å². The molecule has 29 heavy (non-hydrogen) atoms. The summed E-state index contributed by atoms with van der Waals surface area (Å²) in [5.74, 6) is -0.249. The number of aromatic nitrogens is 4. The molecule has 1 amide bonds. The van der Waals surface area contributed by atoms with E-state index in [0.29, 0.717) is 36.6 Å². The van der Waals surface area contributed by atoms with Gasteiger partial charge in [0, 0.05) is 27.2 Å². The van der Waals surface area contributed by atoms with Gasteiger partial charge >= 0.3 is 5.69 Å². The molecule has 1 N–H and O–H groups in total. The summed E-state index contributed by atoms with van der Waals surface area (Å²) in [4.78, 5) is 40.9. The summed E-state index contributed by atoms with van der Waals surface area (Å²) in [6.45, 7) is 1.45. The van der Waals surface area contributed by atoms with E-state index in [1.807, 2.05) is 30.3 Å².